The predicted molar refractivity (Wildman–Crippen MR) is 67.6 cm³/mol. The lowest BCUT2D eigenvalue weighted by atomic mass is 9.99. The Bertz CT molecular complexity index is 377. The SMILES string of the molecule is CC(=O)C1CCCCN1c1ccc(Br)cn1. The number of hydrogen-bond acceptors (Lipinski definition) is 3. The van der Waals surface area contributed by atoms with Crippen LogP contribution in [-0.4, -0.2) is 23.4 Å². The predicted octanol–water partition coefficient (Wildman–Crippen LogP) is 2.79. The standard InChI is InChI=1S/C12H15BrN2O/c1-9(16)11-4-2-3-7-15(11)12-6-5-10(13)8-14-12/h5-6,8,11H,2-4,7H2,1H3. The van der Waals surface area contributed by atoms with Crippen LogP contribution in [0.1, 0.15) is 26.2 Å². The molecule has 1 unspecified atom stereocenters. The van der Waals surface area contributed by atoms with Crippen LogP contribution in [0.3, 0.4) is 0 Å². The van der Waals surface area contributed by atoms with Gasteiger partial charge in [-0.2, -0.15) is 0 Å². The molecule has 1 atom stereocenters. The van der Waals surface area contributed by atoms with Crippen LogP contribution >= 0.6 is 15.9 Å². The topological polar surface area (TPSA) is 33.2 Å². The lowest BCUT2D eigenvalue weighted by molar-refractivity contribution is -0.118. The zero-order valence-corrected chi connectivity index (χ0v) is 10.9. The summed E-state index contributed by atoms with van der Waals surface area (Å²) in [5, 5.41) is 0. The molecule has 0 amide bonds. The number of Topliss-reactive ketones (excluding diaryl/α,β-unsaturated/α-hetero) is 1. The zero-order valence-electron chi connectivity index (χ0n) is 9.32. The molecule has 1 aliphatic rings. The van der Waals surface area contributed by atoms with Crippen LogP contribution in [0, 0.1) is 0 Å². The fourth-order valence-electron chi connectivity index (χ4n) is 2.17. The van der Waals surface area contributed by atoms with Gasteiger partial charge in [-0.1, -0.05) is 0 Å². The Kier molecular flexibility index (Phi) is 3.59. The largest absolute Gasteiger partial charge is 0.347 e. The second-order valence-corrected chi connectivity index (χ2v) is 5.07. The van der Waals surface area contributed by atoms with Gasteiger partial charge in [0.1, 0.15) is 5.82 Å². The summed E-state index contributed by atoms with van der Waals surface area (Å²) in [6.45, 7) is 2.60. The van der Waals surface area contributed by atoms with Crippen molar-refractivity contribution in [3.63, 3.8) is 0 Å². The fourth-order valence-corrected chi connectivity index (χ4v) is 2.40. The van der Waals surface area contributed by atoms with Crippen LogP contribution in [0.5, 0.6) is 0 Å². The third-order valence-corrected chi connectivity index (χ3v) is 3.45. The number of anilines is 1. The molecular formula is C12H15BrN2O. The van der Waals surface area contributed by atoms with E-state index in [9.17, 15) is 4.79 Å². The highest BCUT2D eigenvalue weighted by molar-refractivity contribution is 9.10. The maximum absolute atomic E-state index is 11.6. The molecule has 0 aliphatic carbocycles. The van der Waals surface area contributed by atoms with Crippen molar-refractivity contribution < 1.29 is 4.79 Å². The molecule has 1 aliphatic heterocycles. The van der Waals surface area contributed by atoms with Crippen molar-refractivity contribution in [1.82, 2.24) is 4.98 Å². The number of halogens is 1. The van der Waals surface area contributed by atoms with E-state index in [1.54, 1.807) is 13.1 Å². The smallest absolute Gasteiger partial charge is 0.152 e. The third-order valence-electron chi connectivity index (χ3n) is 2.98. The molecule has 16 heavy (non-hydrogen) atoms. The Morgan fingerprint density at radius 2 is 2.31 bits per heavy atom. The summed E-state index contributed by atoms with van der Waals surface area (Å²) in [5.74, 6) is 1.15. The van der Waals surface area contributed by atoms with Gasteiger partial charge in [-0.25, -0.2) is 4.98 Å². The van der Waals surface area contributed by atoms with Gasteiger partial charge in [0.2, 0.25) is 0 Å². The van der Waals surface area contributed by atoms with E-state index >= 15 is 0 Å². The minimum atomic E-state index is 0.0161. The van der Waals surface area contributed by atoms with Crippen molar-refractivity contribution in [2.45, 2.75) is 32.2 Å². The number of hydrogen-bond donors (Lipinski definition) is 0. The molecular weight excluding hydrogens is 268 g/mol. The van der Waals surface area contributed by atoms with Crippen LogP contribution < -0.4 is 4.90 Å². The Hall–Kier alpha value is -0.900. The quantitative estimate of drug-likeness (QED) is 0.836. The summed E-state index contributed by atoms with van der Waals surface area (Å²) >= 11 is 3.37. The van der Waals surface area contributed by atoms with Gasteiger partial charge < -0.3 is 4.90 Å². The number of carbonyl (C=O) groups excluding carboxylic acids is 1. The van der Waals surface area contributed by atoms with Crippen LogP contribution in [0.4, 0.5) is 5.82 Å². The zero-order chi connectivity index (χ0) is 11.5. The minimum absolute atomic E-state index is 0.0161. The van der Waals surface area contributed by atoms with E-state index < -0.39 is 0 Å². The van der Waals surface area contributed by atoms with E-state index in [1.165, 1.54) is 0 Å². The van der Waals surface area contributed by atoms with Crippen LogP contribution in [0.15, 0.2) is 22.8 Å². The highest BCUT2D eigenvalue weighted by Crippen LogP contribution is 2.24. The second kappa shape index (κ2) is 4.95. The van der Waals surface area contributed by atoms with Crippen molar-refractivity contribution in [2.24, 2.45) is 0 Å². The minimum Gasteiger partial charge on any atom is -0.347 e. The molecule has 0 bridgehead atoms. The van der Waals surface area contributed by atoms with Gasteiger partial charge >= 0.3 is 0 Å². The van der Waals surface area contributed by atoms with Crippen LogP contribution in [0.25, 0.3) is 0 Å². The van der Waals surface area contributed by atoms with Gasteiger partial charge in [-0.3, -0.25) is 4.79 Å². The Balaban J connectivity index is 2.23. The molecule has 1 aromatic rings. The Morgan fingerprint density at radius 3 is 2.94 bits per heavy atom. The van der Waals surface area contributed by atoms with Gasteiger partial charge in [-0.15, -0.1) is 0 Å². The summed E-state index contributed by atoms with van der Waals surface area (Å²) in [6.07, 6.45) is 5.01. The number of piperidine rings is 1. The summed E-state index contributed by atoms with van der Waals surface area (Å²) in [4.78, 5) is 18.1. The third kappa shape index (κ3) is 2.43. The molecule has 3 nitrogen and oxygen atoms in total. The molecule has 1 aromatic heterocycles. The lowest BCUT2D eigenvalue weighted by Crippen LogP contribution is -2.44. The van der Waals surface area contributed by atoms with E-state index in [4.69, 9.17) is 0 Å². The van der Waals surface area contributed by atoms with E-state index in [1.807, 2.05) is 12.1 Å². The number of rotatable bonds is 2. The van der Waals surface area contributed by atoms with E-state index in [0.717, 1.165) is 36.1 Å². The second-order valence-electron chi connectivity index (χ2n) is 4.15. The number of pyridine rings is 1. The van der Waals surface area contributed by atoms with Crippen LogP contribution in [-0.2, 0) is 4.79 Å². The Labute approximate surface area is 104 Å². The van der Waals surface area contributed by atoms with E-state index in [-0.39, 0.29) is 11.8 Å². The molecule has 2 heterocycles. The summed E-state index contributed by atoms with van der Waals surface area (Å²) in [6, 6.07) is 3.95. The summed E-state index contributed by atoms with van der Waals surface area (Å²) < 4.78 is 0.965. The van der Waals surface area contributed by atoms with Gasteiger partial charge in [0, 0.05) is 17.2 Å². The maximum Gasteiger partial charge on any atom is 0.152 e. The summed E-state index contributed by atoms with van der Waals surface area (Å²) in [7, 11) is 0. The van der Waals surface area contributed by atoms with Gasteiger partial charge in [0.15, 0.2) is 5.78 Å². The lowest BCUT2D eigenvalue weighted by Gasteiger charge is -2.35. The monoisotopic (exact) mass is 282 g/mol. The van der Waals surface area contributed by atoms with Crippen molar-refractivity contribution in [1.29, 1.82) is 0 Å². The van der Waals surface area contributed by atoms with Crippen molar-refractivity contribution in [3.8, 4) is 0 Å². The molecule has 4 heteroatoms. The highest BCUT2D eigenvalue weighted by atomic mass is 79.9. The Morgan fingerprint density at radius 1 is 1.50 bits per heavy atom. The van der Waals surface area contributed by atoms with Gasteiger partial charge in [0.25, 0.3) is 0 Å². The molecule has 1 saturated heterocycles. The molecule has 1 fully saturated rings. The first-order valence-electron chi connectivity index (χ1n) is 5.57. The van der Waals surface area contributed by atoms with Crippen molar-refractivity contribution >= 4 is 27.5 Å². The number of ketones is 1. The average molecular weight is 283 g/mol. The normalized spacial score (nSPS) is 20.9. The van der Waals surface area contributed by atoms with Gasteiger partial charge in [0.05, 0.1) is 6.04 Å². The highest BCUT2D eigenvalue weighted by Gasteiger charge is 2.26. The first kappa shape index (κ1) is 11.6. The summed E-state index contributed by atoms with van der Waals surface area (Å²) in [5.41, 5.74) is 0. The van der Waals surface area contributed by atoms with E-state index in [0.29, 0.717) is 0 Å². The van der Waals surface area contributed by atoms with Gasteiger partial charge in [-0.05, 0) is 54.2 Å². The number of aromatic nitrogens is 1. The molecule has 0 aromatic carbocycles. The van der Waals surface area contributed by atoms with Crippen LogP contribution in [0.2, 0.25) is 0 Å². The maximum atomic E-state index is 11.6. The first-order chi connectivity index (χ1) is 7.68. The first-order valence-corrected chi connectivity index (χ1v) is 6.36. The molecule has 86 valence electrons. The van der Waals surface area contributed by atoms with E-state index in [2.05, 4.69) is 25.8 Å². The average Bonchev–Trinajstić information content (AvgIpc) is 2.30. The molecule has 0 saturated carbocycles. The number of nitrogens with zero attached hydrogens (tertiary/aromatic N) is 2. The molecule has 0 spiro atoms. The van der Waals surface area contributed by atoms with Crippen molar-refractivity contribution in [2.75, 3.05) is 11.4 Å². The molecule has 0 N–H and O–H groups in total. The molecule has 2 rings (SSSR count). The van der Waals surface area contributed by atoms with Crippen molar-refractivity contribution in [3.05, 3.63) is 22.8 Å². The molecule has 0 radical (unpaired) electrons. The fraction of sp³-hybridized carbons (Fsp3) is 0.500. The number of carbonyl (C=O) groups is 1.